The lowest BCUT2D eigenvalue weighted by atomic mass is 10.1. The number of rotatable bonds is 4. The number of ether oxygens (including phenoxy) is 2. The molecule has 3 aromatic rings. The zero-order chi connectivity index (χ0) is 18.0. The highest BCUT2D eigenvalue weighted by molar-refractivity contribution is 5.49. The Kier molecular flexibility index (Phi) is 4.80. The Labute approximate surface area is 150 Å². The van der Waals surface area contributed by atoms with Gasteiger partial charge in [0.1, 0.15) is 23.0 Å². The molecule has 2 nitrogen and oxygen atoms in total. The SMILES string of the molecule is Cc1ccc(Oc2cccc(Oc3ccc(C)cc3C)c2C)c(C)c1. The molecule has 0 amide bonds. The number of aryl methyl sites for hydroxylation is 4. The molecule has 0 aliphatic heterocycles. The van der Waals surface area contributed by atoms with Gasteiger partial charge in [0.15, 0.2) is 0 Å². The Morgan fingerprint density at radius 1 is 0.520 bits per heavy atom. The number of hydrogen-bond acceptors (Lipinski definition) is 2. The van der Waals surface area contributed by atoms with Crippen LogP contribution in [0.4, 0.5) is 0 Å². The van der Waals surface area contributed by atoms with Crippen molar-refractivity contribution in [2.45, 2.75) is 34.6 Å². The van der Waals surface area contributed by atoms with Crippen molar-refractivity contribution in [1.82, 2.24) is 0 Å². The molecule has 0 aromatic heterocycles. The van der Waals surface area contributed by atoms with E-state index >= 15 is 0 Å². The van der Waals surface area contributed by atoms with Gasteiger partial charge in [0.05, 0.1) is 0 Å². The van der Waals surface area contributed by atoms with Crippen LogP contribution >= 0.6 is 0 Å². The van der Waals surface area contributed by atoms with Crippen LogP contribution < -0.4 is 9.47 Å². The number of hydrogen-bond donors (Lipinski definition) is 0. The summed E-state index contributed by atoms with van der Waals surface area (Å²) < 4.78 is 12.3. The van der Waals surface area contributed by atoms with E-state index in [2.05, 4.69) is 52.0 Å². The van der Waals surface area contributed by atoms with Gasteiger partial charge in [0, 0.05) is 5.56 Å². The molecule has 0 unspecified atom stereocenters. The molecule has 0 saturated heterocycles. The molecule has 25 heavy (non-hydrogen) atoms. The summed E-state index contributed by atoms with van der Waals surface area (Å²) in [5, 5.41) is 0. The molecule has 0 saturated carbocycles. The standard InChI is InChI=1S/C23H24O2/c1-15-9-11-20(17(3)13-15)24-22-7-6-8-23(19(22)5)25-21-12-10-16(2)14-18(21)4/h6-14H,1-5H3. The Hall–Kier alpha value is -2.74. The minimum Gasteiger partial charge on any atom is -0.457 e. The maximum atomic E-state index is 6.14. The van der Waals surface area contributed by atoms with Crippen molar-refractivity contribution in [3.63, 3.8) is 0 Å². The molecule has 0 spiro atoms. The zero-order valence-electron chi connectivity index (χ0n) is 15.5. The molecule has 3 aromatic carbocycles. The van der Waals surface area contributed by atoms with Crippen molar-refractivity contribution >= 4 is 0 Å². The summed E-state index contributed by atoms with van der Waals surface area (Å²) in [6.45, 7) is 10.3. The lowest BCUT2D eigenvalue weighted by Gasteiger charge is -2.16. The summed E-state index contributed by atoms with van der Waals surface area (Å²) in [5.41, 5.74) is 5.70. The highest BCUT2D eigenvalue weighted by atomic mass is 16.5. The predicted molar refractivity (Wildman–Crippen MR) is 103 cm³/mol. The summed E-state index contributed by atoms with van der Waals surface area (Å²) in [5.74, 6) is 3.37. The van der Waals surface area contributed by atoms with E-state index in [1.165, 1.54) is 11.1 Å². The van der Waals surface area contributed by atoms with Gasteiger partial charge in [0.25, 0.3) is 0 Å². The monoisotopic (exact) mass is 332 g/mol. The van der Waals surface area contributed by atoms with Gasteiger partial charge < -0.3 is 9.47 Å². The van der Waals surface area contributed by atoms with Crippen LogP contribution in [0.2, 0.25) is 0 Å². The van der Waals surface area contributed by atoms with E-state index in [1.807, 2.05) is 37.3 Å². The van der Waals surface area contributed by atoms with Crippen LogP contribution in [0.1, 0.15) is 27.8 Å². The summed E-state index contributed by atoms with van der Waals surface area (Å²) >= 11 is 0. The Balaban J connectivity index is 1.89. The lowest BCUT2D eigenvalue weighted by Crippen LogP contribution is -1.94. The van der Waals surface area contributed by atoms with Gasteiger partial charge >= 0.3 is 0 Å². The Bertz CT molecular complexity index is 838. The molecule has 0 aliphatic rings. The first-order valence-corrected chi connectivity index (χ1v) is 8.54. The third-order valence-corrected chi connectivity index (χ3v) is 4.34. The van der Waals surface area contributed by atoms with Crippen molar-refractivity contribution in [2.75, 3.05) is 0 Å². The molecule has 128 valence electrons. The first kappa shape index (κ1) is 17.1. The topological polar surface area (TPSA) is 18.5 Å². The van der Waals surface area contributed by atoms with Crippen LogP contribution in [-0.4, -0.2) is 0 Å². The van der Waals surface area contributed by atoms with E-state index in [-0.39, 0.29) is 0 Å². The quantitative estimate of drug-likeness (QED) is 0.522. The van der Waals surface area contributed by atoms with Gasteiger partial charge in [-0.05, 0) is 70.0 Å². The van der Waals surface area contributed by atoms with Crippen molar-refractivity contribution < 1.29 is 9.47 Å². The van der Waals surface area contributed by atoms with E-state index in [0.717, 1.165) is 39.7 Å². The fraction of sp³-hybridized carbons (Fsp3) is 0.217. The average Bonchev–Trinajstić information content (AvgIpc) is 2.56. The minimum atomic E-state index is 0.814. The van der Waals surface area contributed by atoms with E-state index in [0.29, 0.717) is 0 Å². The molecule has 0 N–H and O–H groups in total. The predicted octanol–water partition coefficient (Wildman–Crippen LogP) is 6.81. The molecule has 3 rings (SSSR count). The average molecular weight is 332 g/mol. The summed E-state index contributed by atoms with van der Waals surface area (Å²) in [7, 11) is 0. The van der Waals surface area contributed by atoms with Gasteiger partial charge in [-0.1, -0.05) is 41.5 Å². The molecule has 0 bridgehead atoms. The third-order valence-electron chi connectivity index (χ3n) is 4.34. The van der Waals surface area contributed by atoms with Crippen molar-refractivity contribution in [3.8, 4) is 23.0 Å². The Morgan fingerprint density at radius 2 is 0.960 bits per heavy atom. The first-order chi connectivity index (χ1) is 11.9. The maximum absolute atomic E-state index is 6.14. The van der Waals surface area contributed by atoms with Gasteiger partial charge in [-0.3, -0.25) is 0 Å². The second kappa shape index (κ2) is 7.02. The second-order valence-corrected chi connectivity index (χ2v) is 6.62. The van der Waals surface area contributed by atoms with Crippen LogP contribution in [0.15, 0.2) is 54.6 Å². The highest BCUT2D eigenvalue weighted by Crippen LogP contribution is 2.35. The smallest absolute Gasteiger partial charge is 0.134 e. The van der Waals surface area contributed by atoms with Crippen LogP contribution in [0.3, 0.4) is 0 Å². The van der Waals surface area contributed by atoms with Crippen LogP contribution in [-0.2, 0) is 0 Å². The molecule has 0 radical (unpaired) electrons. The molecular weight excluding hydrogens is 308 g/mol. The van der Waals surface area contributed by atoms with Crippen LogP contribution in [0.5, 0.6) is 23.0 Å². The Morgan fingerprint density at radius 3 is 1.36 bits per heavy atom. The minimum absolute atomic E-state index is 0.814. The zero-order valence-corrected chi connectivity index (χ0v) is 15.5. The molecular formula is C23H24O2. The van der Waals surface area contributed by atoms with Gasteiger partial charge in [-0.25, -0.2) is 0 Å². The van der Waals surface area contributed by atoms with E-state index in [4.69, 9.17) is 9.47 Å². The van der Waals surface area contributed by atoms with E-state index in [1.54, 1.807) is 0 Å². The van der Waals surface area contributed by atoms with Gasteiger partial charge in [-0.2, -0.15) is 0 Å². The van der Waals surface area contributed by atoms with Crippen LogP contribution in [0, 0.1) is 34.6 Å². The van der Waals surface area contributed by atoms with Crippen molar-refractivity contribution in [1.29, 1.82) is 0 Å². The summed E-state index contributed by atoms with van der Waals surface area (Å²) in [4.78, 5) is 0. The second-order valence-electron chi connectivity index (χ2n) is 6.62. The largest absolute Gasteiger partial charge is 0.457 e. The number of benzene rings is 3. The molecule has 0 fully saturated rings. The normalized spacial score (nSPS) is 10.6. The van der Waals surface area contributed by atoms with E-state index in [9.17, 15) is 0 Å². The van der Waals surface area contributed by atoms with Crippen molar-refractivity contribution in [2.24, 2.45) is 0 Å². The first-order valence-electron chi connectivity index (χ1n) is 8.54. The molecule has 2 heteroatoms. The fourth-order valence-corrected chi connectivity index (χ4v) is 2.88. The van der Waals surface area contributed by atoms with Crippen molar-refractivity contribution in [3.05, 3.63) is 82.4 Å². The summed E-state index contributed by atoms with van der Waals surface area (Å²) in [6.07, 6.45) is 0. The third kappa shape index (κ3) is 3.85. The molecule has 0 aliphatic carbocycles. The van der Waals surface area contributed by atoms with Gasteiger partial charge in [-0.15, -0.1) is 0 Å². The molecule has 0 atom stereocenters. The summed E-state index contributed by atoms with van der Waals surface area (Å²) in [6, 6.07) is 18.3. The maximum Gasteiger partial charge on any atom is 0.134 e. The highest BCUT2D eigenvalue weighted by Gasteiger charge is 2.10. The molecule has 0 heterocycles. The lowest BCUT2D eigenvalue weighted by molar-refractivity contribution is 0.450. The fourth-order valence-electron chi connectivity index (χ4n) is 2.88. The van der Waals surface area contributed by atoms with Gasteiger partial charge in [0.2, 0.25) is 0 Å². The van der Waals surface area contributed by atoms with E-state index < -0.39 is 0 Å². The van der Waals surface area contributed by atoms with Crippen LogP contribution in [0.25, 0.3) is 0 Å².